The minimum atomic E-state index is 0.828. The van der Waals surface area contributed by atoms with E-state index in [0.717, 1.165) is 101 Å². The molecule has 0 aliphatic rings. The molecule has 6 aromatic carbocycles. The highest BCUT2D eigenvalue weighted by atomic mass is 14.9. The van der Waals surface area contributed by atoms with Gasteiger partial charge in [0.25, 0.3) is 0 Å². The fourth-order valence-electron chi connectivity index (χ4n) is 6.49. The summed E-state index contributed by atoms with van der Waals surface area (Å²) in [5, 5.41) is 0. The fourth-order valence-corrected chi connectivity index (χ4v) is 6.49. The van der Waals surface area contributed by atoms with E-state index in [1.807, 2.05) is 49.4 Å². The van der Waals surface area contributed by atoms with Crippen LogP contribution in [0.1, 0.15) is 11.4 Å². The third-order valence-electron chi connectivity index (χ3n) is 8.94. The first-order valence-corrected chi connectivity index (χ1v) is 16.3. The molecule has 0 aliphatic heterocycles. The zero-order valence-electron chi connectivity index (χ0n) is 27.0. The number of hydrogen-bond acceptors (Lipinski definition) is 5. The van der Waals surface area contributed by atoms with E-state index in [1.165, 1.54) is 0 Å². The van der Waals surface area contributed by atoms with E-state index in [4.69, 9.17) is 19.9 Å². The van der Waals surface area contributed by atoms with Crippen molar-refractivity contribution in [2.24, 2.45) is 0 Å². The van der Waals surface area contributed by atoms with Crippen LogP contribution >= 0.6 is 0 Å². The van der Waals surface area contributed by atoms with Crippen molar-refractivity contribution in [2.75, 3.05) is 0 Å². The molecule has 6 nitrogen and oxygen atoms in total. The normalized spacial score (nSPS) is 11.5. The van der Waals surface area contributed by atoms with Gasteiger partial charge in [0.05, 0.1) is 55.9 Å². The van der Waals surface area contributed by atoms with Crippen LogP contribution in [0.3, 0.4) is 0 Å². The van der Waals surface area contributed by atoms with Gasteiger partial charge in [-0.3, -0.25) is 0 Å². The van der Waals surface area contributed by atoms with E-state index >= 15 is 0 Å². The van der Waals surface area contributed by atoms with Crippen LogP contribution in [-0.4, -0.2) is 29.9 Å². The second-order valence-electron chi connectivity index (χ2n) is 12.4. The van der Waals surface area contributed by atoms with E-state index < -0.39 is 0 Å². The highest BCUT2D eigenvalue weighted by molar-refractivity contribution is 5.91. The molecule has 6 heteroatoms. The average Bonchev–Trinajstić information content (AvgIpc) is 3.53. The Morgan fingerprint density at radius 3 is 1.35 bits per heavy atom. The van der Waals surface area contributed by atoms with E-state index in [2.05, 4.69) is 114 Å². The van der Waals surface area contributed by atoms with Gasteiger partial charge in [0.15, 0.2) is 0 Å². The predicted octanol–water partition coefficient (Wildman–Crippen LogP) is 10.4. The van der Waals surface area contributed by atoms with Crippen LogP contribution in [0.5, 0.6) is 0 Å². The van der Waals surface area contributed by atoms with Gasteiger partial charge < -0.3 is 4.98 Å². The Hall–Kier alpha value is -6.53. The lowest BCUT2D eigenvalue weighted by molar-refractivity contribution is 1.17. The van der Waals surface area contributed by atoms with Gasteiger partial charge in [-0.2, -0.15) is 0 Å². The number of rotatable bonds is 5. The summed E-state index contributed by atoms with van der Waals surface area (Å²) in [7, 11) is 0. The molecule has 0 fully saturated rings. The number of fused-ring (bicyclic) bond motifs is 3. The molecule has 0 spiro atoms. The number of H-pyrrole nitrogens is 1. The molecule has 0 unspecified atom stereocenters. The van der Waals surface area contributed by atoms with Crippen molar-refractivity contribution < 1.29 is 0 Å². The van der Waals surface area contributed by atoms with Crippen LogP contribution in [0.15, 0.2) is 140 Å². The smallest absolute Gasteiger partial charge is 0.104 e. The first-order valence-electron chi connectivity index (χ1n) is 16.3. The molecule has 0 bridgehead atoms. The van der Waals surface area contributed by atoms with Crippen LogP contribution in [0.25, 0.3) is 89.3 Å². The first kappa shape index (κ1) is 28.7. The Bertz CT molecular complexity index is 2660. The maximum atomic E-state index is 5.24. The van der Waals surface area contributed by atoms with Gasteiger partial charge in [0.2, 0.25) is 0 Å². The Morgan fingerprint density at radius 1 is 0.347 bits per heavy atom. The number of nitrogens with zero attached hydrogens (tertiary/aromatic N) is 5. The molecule has 0 amide bonds. The third kappa shape index (κ3) is 5.29. The van der Waals surface area contributed by atoms with Gasteiger partial charge in [-0.25, -0.2) is 24.9 Å². The molecule has 3 heterocycles. The molecule has 0 aliphatic carbocycles. The van der Waals surface area contributed by atoms with Crippen molar-refractivity contribution in [2.45, 2.75) is 13.8 Å². The predicted molar refractivity (Wildman–Crippen MR) is 199 cm³/mol. The number of imidazole rings is 1. The second-order valence-corrected chi connectivity index (χ2v) is 12.4. The molecule has 1 N–H and O–H groups in total. The largest absolute Gasteiger partial charge is 0.342 e. The van der Waals surface area contributed by atoms with Gasteiger partial charge in [-0.15, -0.1) is 0 Å². The van der Waals surface area contributed by atoms with Gasteiger partial charge >= 0.3 is 0 Å². The number of aryl methyl sites for hydroxylation is 2. The van der Waals surface area contributed by atoms with Crippen LogP contribution in [0.2, 0.25) is 0 Å². The van der Waals surface area contributed by atoms with Crippen LogP contribution in [0, 0.1) is 13.8 Å². The molecule has 0 radical (unpaired) electrons. The van der Waals surface area contributed by atoms with Crippen molar-refractivity contribution in [3.8, 4) is 56.2 Å². The van der Waals surface area contributed by atoms with Crippen molar-refractivity contribution >= 4 is 33.1 Å². The Balaban J connectivity index is 1.16. The summed E-state index contributed by atoms with van der Waals surface area (Å²) in [6, 6.07) is 47.8. The molecule has 0 atom stereocenters. The Labute approximate surface area is 283 Å². The lowest BCUT2D eigenvalue weighted by Crippen LogP contribution is -1.97. The standard InChI is InChI=1S/C43H30N6/c1-26-13-20-35-37(23-26)48-40(28-9-5-3-6-10-28)42(46-35)30-14-16-31(17-15-30)43-41(29-11-7-4-8-12-29)49-39-25-33(19-22-36(39)47-43)32-18-21-34-38(24-32)45-27(2)44-34/h3-25H,1-2H3,(H,44,45). The number of aromatic amines is 1. The zero-order chi connectivity index (χ0) is 32.9. The lowest BCUT2D eigenvalue weighted by Gasteiger charge is -2.13. The monoisotopic (exact) mass is 630 g/mol. The molecular weight excluding hydrogens is 601 g/mol. The Morgan fingerprint density at radius 2 is 0.776 bits per heavy atom. The van der Waals surface area contributed by atoms with E-state index in [9.17, 15) is 0 Å². The van der Waals surface area contributed by atoms with Crippen LogP contribution in [-0.2, 0) is 0 Å². The van der Waals surface area contributed by atoms with E-state index in [1.54, 1.807) is 0 Å². The molecular formula is C43H30N6. The Kier molecular flexibility index (Phi) is 6.80. The molecule has 9 rings (SSSR count). The first-order chi connectivity index (χ1) is 24.1. The summed E-state index contributed by atoms with van der Waals surface area (Å²) >= 11 is 0. The third-order valence-corrected chi connectivity index (χ3v) is 8.94. The zero-order valence-corrected chi connectivity index (χ0v) is 27.0. The summed E-state index contributed by atoms with van der Waals surface area (Å²) in [5.41, 5.74) is 16.1. The average molecular weight is 631 g/mol. The van der Waals surface area contributed by atoms with E-state index in [0.29, 0.717) is 0 Å². The minimum Gasteiger partial charge on any atom is -0.342 e. The van der Waals surface area contributed by atoms with Gasteiger partial charge in [-0.05, 0) is 66.9 Å². The molecule has 49 heavy (non-hydrogen) atoms. The summed E-state index contributed by atoms with van der Waals surface area (Å²) < 4.78 is 0. The van der Waals surface area contributed by atoms with Gasteiger partial charge in [-0.1, -0.05) is 103 Å². The molecule has 0 saturated heterocycles. The van der Waals surface area contributed by atoms with Crippen LogP contribution in [0.4, 0.5) is 0 Å². The molecule has 9 aromatic rings. The summed E-state index contributed by atoms with van der Waals surface area (Å²) in [6.45, 7) is 4.05. The lowest BCUT2D eigenvalue weighted by atomic mass is 9.99. The summed E-state index contributed by atoms with van der Waals surface area (Å²) in [4.78, 5) is 28.6. The number of benzene rings is 6. The molecule has 0 saturated carbocycles. The highest BCUT2D eigenvalue weighted by Gasteiger charge is 2.17. The van der Waals surface area contributed by atoms with Crippen LogP contribution < -0.4 is 0 Å². The van der Waals surface area contributed by atoms with Crippen molar-refractivity contribution in [1.82, 2.24) is 29.9 Å². The second kappa shape index (κ2) is 11.6. The van der Waals surface area contributed by atoms with Crippen molar-refractivity contribution in [3.63, 3.8) is 0 Å². The van der Waals surface area contributed by atoms with Crippen molar-refractivity contribution in [3.05, 3.63) is 151 Å². The maximum Gasteiger partial charge on any atom is 0.104 e. The summed E-state index contributed by atoms with van der Waals surface area (Å²) in [6.07, 6.45) is 0. The number of aromatic nitrogens is 6. The number of hydrogen-bond donors (Lipinski definition) is 1. The highest BCUT2D eigenvalue weighted by Crippen LogP contribution is 2.36. The molecule has 3 aromatic heterocycles. The number of nitrogens with one attached hydrogen (secondary N) is 1. The minimum absolute atomic E-state index is 0.828. The topological polar surface area (TPSA) is 80.2 Å². The SMILES string of the molecule is Cc1ccc2nc(-c3ccc(-c4nc5ccc(-c6ccc7[nH]c(C)nc7c6)cc5nc4-c4ccccc4)cc3)c(-c3ccccc3)nc2c1. The maximum absolute atomic E-state index is 5.24. The summed E-state index contributed by atoms with van der Waals surface area (Å²) in [5.74, 6) is 0.904. The quantitative estimate of drug-likeness (QED) is 0.205. The van der Waals surface area contributed by atoms with E-state index in [-0.39, 0.29) is 0 Å². The van der Waals surface area contributed by atoms with Gasteiger partial charge in [0.1, 0.15) is 5.82 Å². The molecule has 232 valence electrons. The van der Waals surface area contributed by atoms with Gasteiger partial charge in [0, 0.05) is 22.3 Å². The van der Waals surface area contributed by atoms with Crippen molar-refractivity contribution in [1.29, 1.82) is 0 Å². The fraction of sp³-hybridized carbons (Fsp3) is 0.0465.